The van der Waals surface area contributed by atoms with Gasteiger partial charge in [-0.2, -0.15) is 0 Å². The summed E-state index contributed by atoms with van der Waals surface area (Å²) in [4.78, 5) is 10.5. The number of carboxylic acid groups (broad SMARTS) is 1. The first-order valence-electron chi connectivity index (χ1n) is 3.92. The van der Waals surface area contributed by atoms with E-state index >= 15 is 0 Å². The molecule has 0 aromatic rings. The van der Waals surface area contributed by atoms with Gasteiger partial charge in [0.1, 0.15) is 12.2 Å². The summed E-state index contributed by atoms with van der Waals surface area (Å²) in [5.74, 6) is -1.49. The SMILES string of the molecule is CO[C@@H]1[C@@H](O)[C@H](O)[C@@H](C(=O)O)O[C@H]1[O-]. The largest absolute Gasteiger partial charge is 0.829 e. The molecule has 14 heavy (non-hydrogen) atoms. The minimum atomic E-state index is -1.82. The van der Waals surface area contributed by atoms with Crippen molar-refractivity contribution in [3.8, 4) is 0 Å². The molecule has 0 spiro atoms. The number of ether oxygens (including phenoxy) is 2. The molecular weight excluding hydrogens is 196 g/mol. The third kappa shape index (κ3) is 1.86. The third-order valence-electron chi connectivity index (χ3n) is 2.06. The zero-order valence-corrected chi connectivity index (χ0v) is 7.36. The first-order valence-corrected chi connectivity index (χ1v) is 3.92. The van der Waals surface area contributed by atoms with Crippen LogP contribution in [0, 0.1) is 0 Å². The molecule has 82 valence electrons. The minimum Gasteiger partial charge on any atom is -0.829 e. The van der Waals surface area contributed by atoms with Crippen molar-refractivity contribution in [3.05, 3.63) is 0 Å². The van der Waals surface area contributed by atoms with Gasteiger partial charge in [-0.15, -0.1) is 0 Å². The second-order valence-electron chi connectivity index (χ2n) is 2.94. The first-order chi connectivity index (χ1) is 6.49. The number of rotatable bonds is 2. The Morgan fingerprint density at radius 1 is 1.43 bits per heavy atom. The summed E-state index contributed by atoms with van der Waals surface area (Å²) in [6.45, 7) is 0. The van der Waals surface area contributed by atoms with Crippen LogP contribution >= 0.6 is 0 Å². The lowest BCUT2D eigenvalue weighted by Gasteiger charge is -2.43. The number of carbonyl (C=O) groups is 1. The van der Waals surface area contributed by atoms with Gasteiger partial charge in [0.25, 0.3) is 0 Å². The zero-order chi connectivity index (χ0) is 10.9. The van der Waals surface area contributed by atoms with Crippen LogP contribution in [0.1, 0.15) is 0 Å². The van der Waals surface area contributed by atoms with Crippen molar-refractivity contribution < 1.29 is 34.7 Å². The van der Waals surface area contributed by atoms with Gasteiger partial charge in [0.15, 0.2) is 6.10 Å². The molecule has 0 aliphatic carbocycles. The fourth-order valence-corrected chi connectivity index (χ4v) is 1.29. The average molecular weight is 207 g/mol. The Bertz CT molecular complexity index is 218. The van der Waals surface area contributed by atoms with E-state index in [1.165, 1.54) is 0 Å². The van der Waals surface area contributed by atoms with Gasteiger partial charge in [0.2, 0.25) is 0 Å². The fraction of sp³-hybridized carbons (Fsp3) is 0.857. The molecule has 1 aliphatic rings. The van der Waals surface area contributed by atoms with Crippen molar-refractivity contribution in [2.24, 2.45) is 0 Å². The standard InChI is InChI=1S/C7H11O7/c1-13-5-3(9)2(8)4(6(10)11)14-7(5)12/h2-5,7-9H,1H3,(H,10,11)/q-1/t2-,3-,4-,5+,7+/m0/s1. The molecule has 1 aliphatic heterocycles. The molecule has 0 bridgehead atoms. The maximum absolute atomic E-state index is 11.1. The lowest BCUT2D eigenvalue weighted by Crippen LogP contribution is -2.63. The Balaban J connectivity index is 2.77. The van der Waals surface area contributed by atoms with Gasteiger partial charge in [-0.05, 0) is 0 Å². The molecule has 7 nitrogen and oxygen atoms in total. The van der Waals surface area contributed by atoms with Gasteiger partial charge in [0.05, 0.1) is 6.10 Å². The van der Waals surface area contributed by atoms with Crippen molar-refractivity contribution in [1.29, 1.82) is 0 Å². The Morgan fingerprint density at radius 2 is 2.00 bits per heavy atom. The van der Waals surface area contributed by atoms with Gasteiger partial charge in [-0.1, -0.05) is 0 Å². The van der Waals surface area contributed by atoms with Crippen molar-refractivity contribution >= 4 is 5.97 Å². The number of aliphatic hydroxyl groups is 2. The third-order valence-corrected chi connectivity index (χ3v) is 2.06. The van der Waals surface area contributed by atoms with Crippen LogP contribution in [0.5, 0.6) is 0 Å². The molecule has 1 saturated heterocycles. The predicted octanol–water partition coefficient (Wildman–Crippen LogP) is -3.11. The minimum absolute atomic E-state index is 1.16. The van der Waals surface area contributed by atoms with Gasteiger partial charge in [-0.25, -0.2) is 4.79 Å². The lowest BCUT2D eigenvalue weighted by atomic mass is 9.99. The summed E-state index contributed by atoms with van der Waals surface area (Å²) in [5, 5.41) is 38.2. The molecule has 0 aromatic heterocycles. The number of hydrogen-bond acceptors (Lipinski definition) is 6. The van der Waals surface area contributed by atoms with Crippen LogP contribution in [0.4, 0.5) is 0 Å². The smallest absolute Gasteiger partial charge is 0.335 e. The van der Waals surface area contributed by atoms with E-state index in [2.05, 4.69) is 9.47 Å². The van der Waals surface area contributed by atoms with Crippen LogP contribution in [-0.4, -0.2) is 59.1 Å². The highest BCUT2D eigenvalue weighted by Crippen LogP contribution is 2.20. The van der Waals surface area contributed by atoms with Crippen LogP contribution in [-0.2, 0) is 14.3 Å². The van der Waals surface area contributed by atoms with Gasteiger partial charge < -0.3 is 29.9 Å². The van der Waals surface area contributed by atoms with E-state index in [0.29, 0.717) is 0 Å². The topological polar surface area (TPSA) is 119 Å². The predicted molar refractivity (Wildman–Crippen MR) is 39.1 cm³/mol. The average Bonchev–Trinajstić information content (AvgIpc) is 2.12. The monoisotopic (exact) mass is 207 g/mol. The van der Waals surface area contributed by atoms with Crippen molar-refractivity contribution in [2.75, 3.05) is 7.11 Å². The van der Waals surface area contributed by atoms with E-state index in [0.717, 1.165) is 7.11 Å². The van der Waals surface area contributed by atoms with Crippen LogP contribution in [0.25, 0.3) is 0 Å². The lowest BCUT2D eigenvalue weighted by molar-refractivity contribution is -0.530. The summed E-state index contributed by atoms with van der Waals surface area (Å²) < 4.78 is 9.02. The van der Waals surface area contributed by atoms with E-state index in [1.807, 2.05) is 0 Å². The van der Waals surface area contributed by atoms with Crippen LogP contribution in [0.2, 0.25) is 0 Å². The number of hydrogen-bond donors (Lipinski definition) is 3. The highest BCUT2D eigenvalue weighted by Gasteiger charge is 2.43. The number of methoxy groups -OCH3 is 1. The van der Waals surface area contributed by atoms with Crippen molar-refractivity contribution in [2.45, 2.75) is 30.7 Å². The summed E-state index contributed by atoms with van der Waals surface area (Å²) in [5.41, 5.74) is 0. The number of aliphatic hydroxyl groups excluding tert-OH is 2. The number of carboxylic acids is 1. The van der Waals surface area contributed by atoms with E-state index in [1.54, 1.807) is 0 Å². The quantitative estimate of drug-likeness (QED) is 0.438. The van der Waals surface area contributed by atoms with Crippen molar-refractivity contribution in [3.63, 3.8) is 0 Å². The van der Waals surface area contributed by atoms with Crippen LogP contribution in [0.15, 0.2) is 0 Å². The molecule has 1 rings (SSSR count). The number of aliphatic carboxylic acids is 1. The first kappa shape index (κ1) is 11.3. The highest BCUT2D eigenvalue weighted by atomic mass is 16.7. The van der Waals surface area contributed by atoms with E-state index in [9.17, 15) is 20.1 Å². The molecule has 0 unspecified atom stereocenters. The summed E-state index contributed by atoms with van der Waals surface area (Å²) >= 11 is 0. The zero-order valence-electron chi connectivity index (χ0n) is 7.36. The van der Waals surface area contributed by atoms with Crippen LogP contribution < -0.4 is 5.11 Å². The molecular formula is C7H11O7-. The molecule has 5 atom stereocenters. The summed E-state index contributed by atoms with van der Waals surface area (Å²) in [7, 11) is 1.16. The molecule has 0 saturated carbocycles. The molecule has 0 amide bonds. The second-order valence-corrected chi connectivity index (χ2v) is 2.94. The van der Waals surface area contributed by atoms with Gasteiger partial charge >= 0.3 is 5.97 Å². The molecule has 0 aromatic carbocycles. The van der Waals surface area contributed by atoms with Gasteiger partial charge in [0, 0.05) is 13.4 Å². The van der Waals surface area contributed by atoms with Gasteiger partial charge in [-0.3, -0.25) is 0 Å². The maximum Gasteiger partial charge on any atom is 0.335 e. The Kier molecular flexibility index (Phi) is 3.40. The molecule has 1 fully saturated rings. The maximum atomic E-state index is 11.1. The van der Waals surface area contributed by atoms with Crippen molar-refractivity contribution in [1.82, 2.24) is 0 Å². The molecule has 3 N–H and O–H groups in total. The molecule has 7 heteroatoms. The van der Waals surface area contributed by atoms with E-state index in [-0.39, 0.29) is 0 Å². The molecule has 1 heterocycles. The normalized spacial score (nSPS) is 43.6. The second kappa shape index (κ2) is 4.20. The van der Waals surface area contributed by atoms with E-state index < -0.39 is 36.7 Å². The fourth-order valence-electron chi connectivity index (χ4n) is 1.29. The van der Waals surface area contributed by atoms with E-state index in [4.69, 9.17) is 5.11 Å². The highest BCUT2D eigenvalue weighted by molar-refractivity contribution is 5.73. The summed E-state index contributed by atoms with van der Waals surface area (Å²) in [6.07, 6.45) is -8.01. The Morgan fingerprint density at radius 3 is 2.43 bits per heavy atom. The van der Waals surface area contributed by atoms with Crippen LogP contribution in [0.3, 0.4) is 0 Å². The molecule has 0 radical (unpaired) electrons. The summed E-state index contributed by atoms with van der Waals surface area (Å²) in [6, 6.07) is 0. The Hall–Kier alpha value is -0.730. The Labute approximate surface area is 79.5 Å².